The third-order valence-corrected chi connectivity index (χ3v) is 3.70. The van der Waals surface area contributed by atoms with Gasteiger partial charge in [0, 0.05) is 25.3 Å². The maximum Gasteiger partial charge on any atom is 0.0722 e. The van der Waals surface area contributed by atoms with Gasteiger partial charge in [-0.05, 0) is 37.1 Å². The van der Waals surface area contributed by atoms with Gasteiger partial charge in [0.2, 0.25) is 0 Å². The summed E-state index contributed by atoms with van der Waals surface area (Å²) in [7, 11) is 0. The number of anilines is 1. The Morgan fingerprint density at radius 2 is 2.35 bits per heavy atom. The molecule has 2 aliphatic rings. The predicted molar refractivity (Wildman–Crippen MR) is 69.5 cm³/mol. The number of ether oxygens (including phenoxy) is 1. The van der Waals surface area contributed by atoms with Crippen LogP contribution in [0, 0.1) is 0 Å². The van der Waals surface area contributed by atoms with Gasteiger partial charge < -0.3 is 15.0 Å². The first-order valence-corrected chi connectivity index (χ1v) is 6.52. The molecule has 0 radical (unpaired) electrons. The standard InChI is InChI=1S/C14H20N2O/c1-11-10-16(7-8-17-11)14-4-2-3-12-5-6-15-9-13(12)14/h2-4,11,15H,5-10H2,1H3. The van der Waals surface area contributed by atoms with Crippen molar-refractivity contribution in [1.29, 1.82) is 0 Å². The average molecular weight is 232 g/mol. The molecular formula is C14H20N2O. The Morgan fingerprint density at radius 1 is 1.41 bits per heavy atom. The Hall–Kier alpha value is -1.06. The summed E-state index contributed by atoms with van der Waals surface area (Å²) in [5.41, 5.74) is 4.41. The van der Waals surface area contributed by atoms with Crippen LogP contribution in [0.3, 0.4) is 0 Å². The molecule has 17 heavy (non-hydrogen) atoms. The van der Waals surface area contributed by atoms with Crippen molar-refractivity contribution in [2.24, 2.45) is 0 Å². The van der Waals surface area contributed by atoms with Crippen molar-refractivity contribution >= 4 is 5.69 Å². The van der Waals surface area contributed by atoms with Crippen LogP contribution in [-0.4, -0.2) is 32.3 Å². The molecule has 1 aromatic rings. The van der Waals surface area contributed by atoms with E-state index in [0.29, 0.717) is 6.10 Å². The Morgan fingerprint density at radius 3 is 3.24 bits per heavy atom. The molecule has 1 atom stereocenters. The molecule has 0 saturated carbocycles. The van der Waals surface area contributed by atoms with Crippen molar-refractivity contribution in [2.75, 3.05) is 31.1 Å². The Bertz CT molecular complexity index is 405. The highest BCUT2D eigenvalue weighted by atomic mass is 16.5. The Balaban J connectivity index is 1.91. The minimum atomic E-state index is 0.344. The van der Waals surface area contributed by atoms with Gasteiger partial charge in [0.1, 0.15) is 0 Å². The van der Waals surface area contributed by atoms with E-state index in [1.54, 1.807) is 0 Å². The van der Waals surface area contributed by atoms with Crippen molar-refractivity contribution in [3.05, 3.63) is 29.3 Å². The van der Waals surface area contributed by atoms with Crippen molar-refractivity contribution in [3.63, 3.8) is 0 Å². The van der Waals surface area contributed by atoms with Crippen LogP contribution < -0.4 is 10.2 Å². The zero-order chi connectivity index (χ0) is 11.7. The molecule has 0 amide bonds. The van der Waals surface area contributed by atoms with Crippen LogP contribution in [0.5, 0.6) is 0 Å². The molecule has 2 heterocycles. The fraction of sp³-hybridized carbons (Fsp3) is 0.571. The minimum absolute atomic E-state index is 0.344. The van der Waals surface area contributed by atoms with E-state index < -0.39 is 0 Å². The normalized spacial score (nSPS) is 24.5. The van der Waals surface area contributed by atoms with Crippen molar-refractivity contribution in [3.8, 4) is 0 Å². The SMILES string of the molecule is CC1CN(c2cccc3c2CNCC3)CCO1. The lowest BCUT2D eigenvalue weighted by atomic mass is 9.98. The Labute approximate surface area is 103 Å². The number of benzene rings is 1. The van der Waals surface area contributed by atoms with E-state index in [4.69, 9.17) is 4.74 Å². The van der Waals surface area contributed by atoms with Gasteiger partial charge in [-0.1, -0.05) is 12.1 Å². The lowest BCUT2D eigenvalue weighted by Crippen LogP contribution is -2.42. The van der Waals surface area contributed by atoms with Crippen LogP contribution in [-0.2, 0) is 17.7 Å². The lowest BCUT2D eigenvalue weighted by molar-refractivity contribution is 0.0531. The van der Waals surface area contributed by atoms with E-state index in [-0.39, 0.29) is 0 Å². The third-order valence-electron chi connectivity index (χ3n) is 3.70. The molecule has 0 spiro atoms. The molecule has 1 aromatic carbocycles. The summed E-state index contributed by atoms with van der Waals surface area (Å²) in [6.07, 6.45) is 1.50. The molecule has 3 nitrogen and oxygen atoms in total. The van der Waals surface area contributed by atoms with Crippen LogP contribution in [0.1, 0.15) is 18.1 Å². The smallest absolute Gasteiger partial charge is 0.0722 e. The minimum Gasteiger partial charge on any atom is -0.375 e. The average Bonchev–Trinajstić information content (AvgIpc) is 2.38. The zero-order valence-electron chi connectivity index (χ0n) is 10.4. The maximum atomic E-state index is 5.62. The molecule has 0 aromatic heterocycles. The first-order chi connectivity index (χ1) is 8.34. The largest absolute Gasteiger partial charge is 0.375 e. The fourth-order valence-corrected chi connectivity index (χ4v) is 2.83. The van der Waals surface area contributed by atoms with E-state index in [0.717, 1.165) is 39.2 Å². The summed E-state index contributed by atoms with van der Waals surface area (Å²) in [6.45, 7) is 7.14. The number of fused-ring (bicyclic) bond motifs is 1. The number of nitrogens with zero attached hydrogens (tertiary/aromatic N) is 1. The molecule has 0 aliphatic carbocycles. The summed E-state index contributed by atoms with van der Waals surface area (Å²) >= 11 is 0. The number of nitrogens with one attached hydrogen (secondary N) is 1. The highest BCUT2D eigenvalue weighted by molar-refractivity contribution is 5.58. The second-order valence-corrected chi connectivity index (χ2v) is 4.97. The van der Waals surface area contributed by atoms with Gasteiger partial charge >= 0.3 is 0 Å². The van der Waals surface area contributed by atoms with E-state index in [1.165, 1.54) is 16.8 Å². The van der Waals surface area contributed by atoms with Gasteiger partial charge in [0.15, 0.2) is 0 Å². The molecule has 1 unspecified atom stereocenters. The van der Waals surface area contributed by atoms with Crippen molar-refractivity contribution in [1.82, 2.24) is 5.32 Å². The lowest BCUT2D eigenvalue weighted by Gasteiger charge is -2.35. The first-order valence-electron chi connectivity index (χ1n) is 6.52. The predicted octanol–water partition coefficient (Wildman–Crippen LogP) is 1.56. The fourth-order valence-electron chi connectivity index (χ4n) is 2.83. The summed E-state index contributed by atoms with van der Waals surface area (Å²) in [6, 6.07) is 6.72. The van der Waals surface area contributed by atoms with Crippen LogP contribution in [0.2, 0.25) is 0 Å². The second-order valence-electron chi connectivity index (χ2n) is 4.97. The number of hydrogen-bond donors (Lipinski definition) is 1. The van der Waals surface area contributed by atoms with Gasteiger partial charge in [-0.3, -0.25) is 0 Å². The molecule has 1 N–H and O–H groups in total. The van der Waals surface area contributed by atoms with Crippen LogP contribution in [0.15, 0.2) is 18.2 Å². The quantitative estimate of drug-likeness (QED) is 0.795. The molecule has 1 fully saturated rings. The highest BCUT2D eigenvalue weighted by Crippen LogP contribution is 2.27. The van der Waals surface area contributed by atoms with Crippen molar-refractivity contribution in [2.45, 2.75) is 26.0 Å². The zero-order valence-corrected chi connectivity index (χ0v) is 10.4. The van der Waals surface area contributed by atoms with Gasteiger partial charge in [-0.15, -0.1) is 0 Å². The van der Waals surface area contributed by atoms with Crippen LogP contribution >= 0.6 is 0 Å². The van der Waals surface area contributed by atoms with Gasteiger partial charge in [0.05, 0.1) is 12.7 Å². The molecule has 0 bridgehead atoms. The van der Waals surface area contributed by atoms with E-state index >= 15 is 0 Å². The van der Waals surface area contributed by atoms with E-state index in [1.807, 2.05) is 0 Å². The topological polar surface area (TPSA) is 24.5 Å². The highest BCUT2D eigenvalue weighted by Gasteiger charge is 2.21. The summed E-state index contributed by atoms with van der Waals surface area (Å²) < 4.78 is 5.62. The van der Waals surface area contributed by atoms with Crippen LogP contribution in [0.25, 0.3) is 0 Å². The summed E-state index contributed by atoms with van der Waals surface area (Å²) in [4.78, 5) is 2.47. The number of morpholine rings is 1. The molecular weight excluding hydrogens is 212 g/mol. The summed E-state index contributed by atoms with van der Waals surface area (Å²) in [5, 5.41) is 3.47. The molecule has 3 rings (SSSR count). The molecule has 92 valence electrons. The monoisotopic (exact) mass is 232 g/mol. The van der Waals surface area contributed by atoms with Gasteiger partial charge in [-0.2, -0.15) is 0 Å². The van der Waals surface area contributed by atoms with E-state index in [9.17, 15) is 0 Å². The van der Waals surface area contributed by atoms with E-state index in [2.05, 4.69) is 35.3 Å². The molecule has 2 aliphatic heterocycles. The van der Waals surface area contributed by atoms with Crippen LogP contribution in [0.4, 0.5) is 5.69 Å². The van der Waals surface area contributed by atoms with Crippen molar-refractivity contribution < 1.29 is 4.74 Å². The summed E-state index contributed by atoms with van der Waals surface area (Å²) in [5.74, 6) is 0. The number of rotatable bonds is 1. The molecule has 3 heteroatoms. The number of hydrogen-bond acceptors (Lipinski definition) is 3. The maximum absolute atomic E-state index is 5.62. The van der Waals surface area contributed by atoms with Gasteiger partial charge in [-0.25, -0.2) is 0 Å². The van der Waals surface area contributed by atoms with Gasteiger partial charge in [0.25, 0.3) is 0 Å². The second kappa shape index (κ2) is 4.67. The first kappa shape index (κ1) is 11.1. The third kappa shape index (κ3) is 2.17. The molecule has 1 saturated heterocycles. The Kier molecular flexibility index (Phi) is 3.04.